The topological polar surface area (TPSA) is 26.3 Å². The zero-order valence-electron chi connectivity index (χ0n) is 13.2. The van der Waals surface area contributed by atoms with Gasteiger partial charge in [0.05, 0.1) is 12.9 Å². The molecule has 22 heavy (non-hydrogen) atoms. The summed E-state index contributed by atoms with van der Waals surface area (Å²) >= 11 is 1.68. The van der Waals surface area contributed by atoms with Crippen LogP contribution in [0.25, 0.3) is 0 Å². The maximum absolute atomic E-state index is 13.0. The molecule has 5 rings (SSSR count). The minimum Gasteiger partial charge on any atom is -0.497 e. The van der Waals surface area contributed by atoms with Gasteiger partial charge in [0, 0.05) is 10.3 Å². The van der Waals surface area contributed by atoms with Crippen molar-refractivity contribution >= 4 is 17.5 Å². The number of benzene rings is 1. The summed E-state index contributed by atoms with van der Waals surface area (Å²) in [7, 11) is 1.68. The molecular formula is C19H24O2S. The van der Waals surface area contributed by atoms with Crippen molar-refractivity contribution in [1.82, 2.24) is 0 Å². The summed E-state index contributed by atoms with van der Waals surface area (Å²) in [6.45, 7) is 0. The summed E-state index contributed by atoms with van der Waals surface area (Å²) in [6, 6.07) is 8.04. The second-order valence-corrected chi connectivity index (χ2v) is 8.64. The Morgan fingerprint density at radius 3 is 2.41 bits per heavy atom. The van der Waals surface area contributed by atoms with Crippen molar-refractivity contribution in [2.45, 2.75) is 43.4 Å². The Bertz CT molecular complexity index is 545. The van der Waals surface area contributed by atoms with Crippen LogP contribution < -0.4 is 4.74 Å². The molecule has 4 aliphatic carbocycles. The molecular weight excluding hydrogens is 292 g/mol. The minimum atomic E-state index is 0.0423. The van der Waals surface area contributed by atoms with Crippen molar-refractivity contribution in [3.8, 4) is 5.75 Å². The molecule has 0 amide bonds. The molecule has 4 fully saturated rings. The third-order valence-electron chi connectivity index (χ3n) is 6.04. The highest BCUT2D eigenvalue weighted by molar-refractivity contribution is 8.00. The lowest BCUT2D eigenvalue weighted by Gasteiger charge is -2.56. The summed E-state index contributed by atoms with van der Waals surface area (Å²) < 4.78 is 5.26. The molecule has 3 heteroatoms. The molecule has 118 valence electrons. The average molecular weight is 316 g/mol. The van der Waals surface area contributed by atoms with Gasteiger partial charge in [-0.25, -0.2) is 0 Å². The van der Waals surface area contributed by atoms with Gasteiger partial charge in [0.2, 0.25) is 0 Å². The van der Waals surface area contributed by atoms with Crippen molar-refractivity contribution in [1.29, 1.82) is 0 Å². The number of carbonyl (C=O) groups is 1. The lowest BCUT2D eigenvalue weighted by atomic mass is 9.48. The highest BCUT2D eigenvalue weighted by Gasteiger charge is 2.53. The van der Waals surface area contributed by atoms with Crippen LogP contribution in [-0.4, -0.2) is 18.6 Å². The number of ketones is 1. The highest BCUT2D eigenvalue weighted by Crippen LogP contribution is 2.60. The largest absolute Gasteiger partial charge is 0.497 e. The molecule has 4 bridgehead atoms. The first-order chi connectivity index (χ1) is 10.7. The maximum atomic E-state index is 13.0. The van der Waals surface area contributed by atoms with Crippen molar-refractivity contribution < 1.29 is 9.53 Å². The molecule has 0 aromatic heterocycles. The number of rotatable bonds is 5. The Kier molecular flexibility index (Phi) is 3.72. The number of Topliss-reactive ketones (excluding diaryl/α,β-unsaturated/α-hetero) is 1. The summed E-state index contributed by atoms with van der Waals surface area (Å²) in [4.78, 5) is 14.1. The van der Waals surface area contributed by atoms with E-state index in [1.54, 1.807) is 18.9 Å². The van der Waals surface area contributed by atoms with E-state index in [9.17, 15) is 4.79 Å². The number of ether oxygens (including phenoxy) is 1. The van der Waals surface area contributed by atoms with E-state index in [4.69, 9.17) is 4.74 Å². The minimum absolute atomic E-state index is 0.0423. The van der Waals surface area contributed by atoms with E-state index in [1.807, 2.05) is 18.2 Å². The van der Waals surface area contributed by atoms with Gasteiger partial charge in [0.1, 0.15) is 11.5 Å². The normalized spacial score (nSPS) is 35.6. The van der Waals surface area contributed by atoms with Crippen molar-refractivity contribution in [3.05, 3.63) is 24.3 Å². The number of hydrogen-bond acceptors (Lipinski definition) is 3. The molecule has 0 spiro atoms. The first-order valence-corrected chi connectivity index (χ1v) is 9.45. The molecule has 1 aromatic carbocycles. The van der Waals surface area contributed by atoms with E-state index in [-0.39, 0.29) is 5.41 Å². The standard InChI is InChI=1S/C19H24O2S/c1-21-16-3-2-4-17(8-16)22-12-18(20)19-9-13-5-14(10-19)7-15(6-13)11-19/h2-4,8,13-15H,5-7,9-12H2,1H3. The summed E-state index contributed by atoms with van der Waals surface area (Å²) in [6.07, 6.45) is 7.73. The fourth-order valence-corrected chi connectivity index (χ4v) is 6.42. The molecule has 0 radical (unpaired) electrons. The van der Waals surface area contributed by atoms with E-state index in [0.717, 1.165) is 28.4 Å². The smallest absolute Gasteiger partial charge is 0.149 e. The van der Waals surface area contributed by atoms with Gasteiger partial charge in [-0.3, -0.25) is 4.79 Å². The van der Waals surface area contributed by atoms with Crippen LogP contribution in [0.15, 0.2) is 29.2 Å². The first-order valence-electron chi connectivity index (χ1n) is 8.47. The van der Waals surface area contributed by atoms with Gasteiger partial charge in [-0.15, -0.1) is 11.8 Å². The SMILES string of the molecule is COc1cccc(SCC(=O)C23CC4CC(CC(C4)C2)C3)c1. The molecule has 4 saturated carbocycles. The predicted octanol–water partition coefficient (Wildman–Crippen LogP) is 4.57. The van der Waals surface area contributed by atoms with E-state index in [1.165, 1.54) is 38.5 Å². The molecule has 2 nitrogen and oxygen atoms in total. The van der Waals surface area contributed by atoms with Gasteiger partial charge >= 0.3 is 0 Å². The Balaban J connectivity index is 1.44. The van der Waals surface area contributed by atoms with Crippen LogP contribution in [0.2, 0.25) is 0 Å². The van der Waals surface area contributed by atoms with Crippen LogP contribution >= 0.6 is 11.8 Å². The van der Waals surface area contributed by atoms with Crippen LogP contribution in [0.5, 0.6) is 5.75 Å². The quantitative estimate of drug-likeness (QED) is 0.744. The summed E-state index contributed by atoms with van der Waals surface area (Å²) in [5.74, 6) is 4.54. The molecule has 0 aliphatic heterocycles. The molecule has 4 aliphatic rings. The lowest BCUT2D eigenvalue weighted by Crippen LogP contribution is -2.50. The second-order valence-electron chi connectivity index (χ2n) is 7.59. The van der Waals surface area contributed by atoms with Gasteiger partial charge < -0.3 is 4.74 Å². The Morgan fingerprint density at radius 1 is 1.18 bits per heavy atom. The summed E-state index contributed by atoms with van der Waals surface area (Å²) in [5, 5.41) is 0. The summed E-state index contributed by atoms with van der Waals surface area (Å²) in [5.41, 5.74) is 0.0423. The van der Waals surface area contributed by atoms with Gasteiger partial charge in [-0.2, -0.15) is 0 Å². The third-order valence-corrected chi connectivity index (χ3v) is 7.03. The average Bonchev–Trinajstić information content (AvgIpc) is 2.51. The lowest BCUT2D eigenvalue weighted by molar-refractivity contribution is -0.141. The van der Waals surface area contributed by atoms with Crippen molar-refractivity contribution in [2.75, 3.05) is 12.9 Å². The monoisotopic (exact) mass is 316 g/mol. The maximum Gasteiger partial charge on any atom is 0.149 e. The first kappa shape index (κ1) is 14.6. The third kappa shape index (κ3) is 2.58. The van der Waals surface area contributed by atoms with Crippen LogP contribution in [0.4, 0.5) is 0 Å². The van der Waals surface area contributed by atoms with Crippen molar-refractivity contribution in [3.63, 3.8) is 0 Å². The Hall–Kier alpha value is -0.960. The van der Waals surface area contributed by atoms with Crippen molar-refractivity contribution in [2.24, 2.45) is 23.2 Å². The molecule has 1 aromatic rings. The number of carbonyl (C=O) groups excluding carboxylic acids is 1. The Labute approximate surface area is 137 Å². The van der Waals surface area contributed by atoms with E-state index in [2.05, 4.69) is 6.07 Å². The van der Waals surface area contributed by atoms with Crippen LogP contribution in [0, 0.1) is 23.2 Å². The van der Waals surface area contributed by atoms with Gasteiger partial charge in [0.25, 0.3) is 0 Å². The van der Waals surface area contributed by atoms with Gasteiger partial charge in [-0.1, -0.05) is 6.07 Å². The van der Waals surface area contributed by atoms with E-state index < -0.39 is 0 Å². The number of thioether (sulfide) groups is 1. The molecule has 0 N–H and O–H groups in total. The van der Waals surface area contributed by atoms with Crippen LogP contribution in [0.3, 0.4) is 0 Å². The van der Waals surface area contributed by atoms with E-state index in [0.29, 0.717) is 11.5 Å². The number of hydrogen-bond donors (Lipinski definition) is 0. The van der Waals surface area contributed by atoms with Gasteiger partial charge in [-0.05, 0) is 74.5 Å². The molecule has 0 heterocycles. The molecule has 0 saturated heterocycles. The highest BCUT2D eigenvalue weighted by atomic mass is 32.2. The molecule has 0 atom stereocenters. The Morgan fingerprint density at radius 2 is 1.82 bits per heavy atom. The number of methoxy groups -OCH3 is 1. The van der Waals surface area contributed by atoms with Crippen LogP contribution in [-0.2, 0) is 4.79 Å². The molecule has 0 unspecified atom stereocenters. The van der Waals surface area contributed by atoms with E-state index >= 15 is 0 Å². The zero-order valence-corrected chi connectivity index (χ0v) is 14.0. The van der Waals surface area contributed by atoms with Gasteiger partial charge in [0.15, 0.2) is 0 Å². The fraction of sp³-hybridized carbons (Fsp3) is 0.632. The second kappa shape index (κ2) is 5.59. The van der Waals surface area contributed by atoms with Crippen LogP contribution in [0.1, 0.15) is 38.5 Å². The predicted molar refractivity (Wildman–Crippen MR) is 89.3 cm³/mol. The fourth-order valence-electron chi connectivity index (χ4n) is 5.45. The zero-order chi connectivity index (χ0) is 15.2.